The van der Waals surface area contributed by atoms with E-state index in [4.69, 9.17) is 4.74 Å². The number of anilines is 1. The van der Waals surface area contributed by atoms with Crippen LogP contribution in [0.5, 0.6) is 0 Å². The first kappa shape index (κ1) is 23.3. The molecule has 0 unspecified atom stereocenters. The van der Waals surface area contributed by atoms with Crippen LogP contribution >= 0.6 is 27.3 Å². The number of nitrogens with one attached hydrogen (secondary N) is 1. The summed E-state index contributed by atoms with van der Waals surface area (Å²) < 4.78 is 50.0. The average molecular weight is 524 g/mol. The summed E-state index contributed by atoms with van der Waals surface area (Å²) in [6.45, 7) is 0.988. The highest BCUT2D eigenvalue weighted by molar-refractivity contribution is 9.10. The number of methoxy groups -OCH3 is 2. The largest absolute Gasteiger partial charge is 0.465 e. The molecule has 1 N–H and O–H groups in total. The molecule has 31 heavy (non-hydrogen) atoms. The van der Waals surface area contributed by atoms with Crippen LogP contribution in [0.15, 0.2) is 4.47 Å². The molecule has 168 valence electrons. The van der Waals surface area contributed by atoms with Gasteiger partial charge in [-0.2, -0.15) is 18.3 Å². The van der Waals surface area contributed by atoms with Crippen molar-refractivity contribution in [1.82, 2.24) is 9.78 Å². The lowest BCUT2D eigenvalue weighted by Gasteiger charge is -2.09. The molecule has 3 rings (SSSR count). The normalized spacial score (nSPS) is 13.8. The van der Waals surface area contributed by atoms with Crippen LogP contribution in [0, 0.1) is 6.92 Å². The molecule has 2 heterocycles. The summed E-state index contributed by atoms with van der Waals surface area (Å²) in [5, 5.41) is 6.10. The van der Waals surface area contributed by atoms with Gasteiger partial charge in [0.05, 0.1) is 29.9 Å². The summed E-state index contributed by atoms with van der Waals surface area (Å²) >= 11 is 3.78. The molecule has 1 fully saturated rings. The maximum absolute atomic E-state index is 13.2. The summed E-state index contributed by atoms with van der Waals surface area (Å²) in [5.41, 5.74) is -0.564. The molecule has 13 heteroatoms. The lowest BCUT2D eigenvalue weighted by molar-refractivity contribution is -0.142. The van der Waals surface area contributed by atoms with Crippen molar-refractivity contribution in [3.05, 3.63) is 31.9 Å². The Morgan fingerprint density at radius 3 is 2.35 bits per heavy atom. The summed E-state index contributed by atoms with van der Waals surface area (Å²) in [5.74, 6) is -2.31. The van der Waals surface area contributed by atoms with Gasteiger partial charge < -0.3 is 14.8 Å². The Balaban J connectivity index is 1.91. The number of amides is 1. The number of ether oxygens (including phenoxy) is 2. The van der Waals surface area contributed by atoms with Crippen molar-refractivity contribution in [2.24, 2.45) is 0 Å². The van der Waals surface area contributed by atoms with E-state index in [0.29, 0.717) is 18.5 Å². The third kappa shape index (κ3) is 4.61. The summed E-state index contributed by atoms with van der Waals surface area (Å²) in [7, 11) is 2.31. The monoisotopic (exact) mass is 523 g/mol. The summed E-state index contributed by atoms with van der Waals surface area (Å²) in [6.07, 6.45) is -3.28. The molecule has 0 aromatic carbocycles. The summed E-state index contributed by atoms with van der Waals surface area (Å²) in [4.78, 5) is 36.8. The van der Waals surface area contributed by atoms with Gasteiger partial charge >= 0.3 is 18.1 Å². The lowest BCUT2D eigenvalue weighted by atomic mass is 10.1. The van der Waals surface area contributed by atoms with Crippen molar-refractivity contribution in [2.75, 3.05) is 19.5 Å². The molecular formula is C18H17BrF3N3O5S. The SMILES string of the molecule is COC(=O)c1sc(NC(=O)Cn2nc(C(F)(F)F)c(Br)c2C2CC2)c(C(=O)OC)c1C. The predicted molar refractivity (Wildman–Crippen MR) is 107 cm³/mol. The van der Waals surface area contributed by atoms with Crippen molar-refractivity contribution >= 4 is 50.1 Å². The zero-order valence-electron chi connectivity index (χ0n) is 16.6. The van der Waals surface area contributed by atoms with E-state index in [0.717, 1.165) is 23.1 Å². The lowest BCUT2D eigenvalue weighted by Crippen LogP contribution is -2.22. The van der Waals surface area contributed by atoms with Crippen LogP contribution in [0.1, 0.15) is 55.7 Å². The maximum Gasteiger partial charge on any atom is 0.436 e. The van der Waals surface area contributed by atoms with Crippen LogP contribution in [0.3, 0.4) is 0 Å². The van der Waals surface area contributed by atoms with Gasteiger partial charge in [-0.3, -0.25) is 9.48 Å². The van der Waals surface area contributed by atoms with Crippen LogP contribution in [-0.4, -0.2) is 41.8 Å². The van der Waals surface area contributed by atoms with Gasteiger partial charge in [0.25, 0.3) is 0 Å². The Hall–Kier alpha value is -2.41. The number of esters is 2. The molecule has 8 nitrogen and oxygen atoms in total. The van der Waals surface area contributed by atoms with Crippen molar-refractivity contribution < 1.29 is 37.0 Å². The molecule has 1 saturated carbocycles. The topological polar surface area (TPSA) is 99.5 Å². The second kappa shape index (κ2) is 8.61. The van der Waals surface area contributed by atoms with E-state index in [1.54, 1.807) is 0 Å². The van der Waals surface area contributed by atoms with Crippen LogP contribution in [0.2, 0.25) is 0 Å². The number of hydrogen-bond acceptors (Lipinski definition) is 7. The Morgan fingerprint density at radius 1 is 1.23 bits per heavy atom. The first-order valence-electron chi connectivity index (χ1n) is 8.92. The molecule has 1 aliphatic rings. The number of hydrogen-bond donors (Lipinski definition) is 1. The first-order valence-corrected chi connectivity index (χ1v) is 10.5. The van der Waals surface area contributed by atoms with Crippen molar-refractivity contribution in [2.45, 2.75) is 38.4 Å². The number of halogens is 4. The number of nitrogens with zero attached hydrogens (tertiary/aromatic N) is 2. The van der Waals surface area contributed by atoms with Crippen LogP contribution in [0.4, 0.5) is 18.2 Å². The quantitative estimate of drug-likeness (QED) is 0.571. The van der Waals surface area contributed by atoms with Crippen molar-refractivity contribution in [3.63, 3.8) is 0 Å². The molecule has 0 spiro atoms. The molecular weight excluding hydrogens is 507 g/mol. The molecule has 2 aromatic heterocycles. The van der Waals surface area contributed by atoms with E-state index >= 15 is 0 Å². The molecule has 0 radical (unpaired) electrons. The molecule has 0 atom stereocenters. The molecule has 1 amide bonds. The Labute approximate surface area is 186 Å². The third-order valence-electron chi connectivity index (χ3n) is 4.62. The minimum absolute atomic E-state index is 0.0266. The van der Waals surface area contributed by atoms with Gasteiger partial charge in [-0.05, 0) is 41.3 Å². The number of aromatic nitrogens is 2. The van der Waals surface area contributed by atoms with Crippen LogP contribution < -0.4 is 5.32 Å². The number of rotatable bonds is 6. The fourth-order valence-electron chi connectivity index (χ4n) is 3.04. The van der Waals surface area contributed by atoms with Gasteiger partial charge in [-0.25, -0.2) is 9.59 Å². The first-order chi connectivity index (χ1) is 14.5. The van der Waals surface area contributed by atoms with Gasteiger partial charge in [0.1, 0.15) is 16.4 Å². The van der Waals surface area contributed by atoms with Crippen molar-refractivity contribution in [3.8, 4) is 0 Å². The van der Waals surface area contributed by atoms with Gasteiger partial charge in [-0.1, -0.05) is 0 Å². The van der Waals surface area contributed by atoms with Gasteiger partial charge in [0, 0.05) is 5.92 Å². The van der Waals surface area contributed by atoms with E-state index in [2.05, 4.69) is 31.1 Å². The van der Waals surface area contributed by atoms with E-state index in [-0.39, 0.29) is 31.4 Å². The zero-order valence-corrected chi connectivity index (χ0v) is 19.0. The maximum atomic E-state index is 13.2. The Kier molecular flexibility index (Phi) is 6.46. The minimum Gasteiger partial charge on any atom is -0.465 e. The van der Waals surface area contributed by atoms with E-state index < -0.39 is 36.3 Å². The molecule has 2 aromatic rings. The second-order valence-corrected chi connectivity index (χ2v) is 8.58. The van der Waals surface area contributed by atoms with Crippen LogP contribution in [-0.2, 0) is 27.0 Å². The van der Waals surface area contributed by atoms with Crippen LogP contribution in [0.25, 0.3) is 0 Å². The number of alkyl halides is 3. The number of carbonyl (C=O) groups is 3. The summed E-state index contributed by atoms with van der Waals surface area (Å²) in [6, 6.07) is 0. The number of carbonyl (C=O) groups excluding carboxylic acids is 3. The fourth-order valence-corrected chi connectivity index (χ4v) is 5.00. The highest BCUT2D eigenvalue weighted by Gasteiger charge is 2.42. The molecule has 0 bridgehead atoms. The van der Waals surface area contributed by atoms with Crippen molar-refractivity contribution in [1.29, 1.82) is 0 Å². The predicted octanol–water partition coefficient (Wildman–Crippen LogP) is 4.12. The third-order valence-corrected chi connectivity index (χ3v) is 6.59. The second-order valence-electron chi connectivity index (χ2n) is 6.77. The minimum atomic E-state index is -4.68. The highest BCUT2D eigenvalue weighted by atomic mass is 79.9. The van der Waals surface area contributed by atoms with E-state index in [1.165, 1.54) is 14.0 Å². The van der Waals surface area contributed by atoms with Gasteiger partial charge in [-0.15, -0.1) is 11.3 Å². The number of thiophene rings is 1. The van der Waals surface area contributed by atoms with E-state index in [1.807, 2.05) is 0 Å². The zero-order chi connectivity index (χ0) is 23.1. The van der Waals surface area contributed by atoms with Gasteiger partial charge in [0.15, 0.2) is 5.69 Å². The van der Waals surface area contributed by atoms with Gasteiger partial charge in [0.2, 0.25) is 5.91 Å². The fraction of sp³-hybridized carbons (Fsp3) is 0.444. The highest BCUT2D eigenvalue weighted by Crippen LogP contribution is 2.47. The molecule has 0 aliphatic heterocycles. The smallest absolute Gasteiger partial charge is 0.436 e. The average Bonchev–Trinajstić information content (AvgIpc) is 3.40. The molecule has 0 saturated heterocycles. The van der Waals surface area contributed by atoms with E-state index in [9.17, 15) is 27.6 Å². The molecule has 1 aliphatic carbocycles. The standard InChI is InChI=1S/C18H17BrF3N3O5S/c1-7-10(16(27)29-2)15(31-13(7)17(28)30-3)23-9(26)6-25-12(8-4-5-8)11(19)14(24-25)18(20,21)22/h8H,4-6H2,1-3H3,(H,23,26). The Morgan fingerprint density at radius 2 is 1.84 bits per heavy atom. The Bertz CT molecular complexity index is 1060.